The minimum atomic E-state index is -0.304. The topological polar surface area (TPSA) is 22.0 Å². The van der Waals surface area contributed by atoms with Crippen LogP contribution in [0.15, 0.2) is 45.8 Å². The van der Waals surface area contributed by atoms with E-state index in [1.165, 1.54) is 10.6 Å². The summed E-state index contributed by atoms with van der Waals surface area (Å²) in [7, 11) is 0. The first-order valence-corrected chi connectivity index (χ1v) is 5.97. The third-order valence-electron chi connectivity index (χ3n) is 2.56. The van der Waals surface area contributed by atoms with Crippen LogP contribution in [-0.4, -0.2) is 4.57 Å². The monoisotopic (exact) mass is 295 g/mol. The molecule has 1 aromatic carbocycles. The van der Waals surface area contributed by atoms with E-state index < -0.39 is 0 Å². The van der Waals surface area contributed by atoms with Gasteiger partial charge in [-0.15, -0.1) is 0 Å². The van der Waals surface area contributed by atoms with Crippen LogP contribution in [0.3, 0.4) is 0 Å². The smallest absolute Gasteiger partial charge is 0.253 e. The second-order valence-electron chi connectivity index (χ2n) is 3.86. The molecular weight excluding hydrogens is 285 g/mol. The summed E-state index contributed by atoms with van der Waals surface area (Å²) in [5.41, 5.74) is 1.06. The van der Waals surface area contributed by atoms with Gasteiger partial charge in [0, 0.05) is 21.8 Å². The highest BCUT2D eigenvalue weighted by Gasteiger charge is 2.05. The molecule has 0 aliphatic rings. The van der Waals surface area contributed by atoms with Crippen LogP contribution in [0, 0.1) is 12.7 Å². The molecule has 2 rings (SSSR count). The van der Waals surface area contributed by atoms with Gasteiger partial charge in [0.1, 0.15) is 5.82 Å². The van der Waals surface area contributed by atoms with Crippen molar-refractivity contribution in [3.63, 3.8) is 0 Å². The number of nitrogens with zero attached hydrogens (tertiary/aromatic N) is 1. The fraction of sp³-hybridized carbons (Fsp3) is 0.154. The van der Waals surface area contributed by atoms with E-state index in [1.807, 2.05) is 0 Å². The molecular formula is C13H11BrFNO. The number of rotatable bonds is 2. The fourth-order valence-electron chi connectivity index (χ4n) is 1.63. The standard InChI is InChI=1S/C13H11BrFNO/c1-9-3-2-6-16(13(9)17)8-10-7-11(14)4-5-12(10)15/h2-7H,8H2,1H3. The van der Waals surface area contributed by atoms with Crippen molar-refractivity contribution in [2.75, 3.05) is 0 Å². The lowest BCUT2D eigenvalue weighted by molar-refractivity contribution is 0.595. The van der Waals surface area contributed by atoms with E-state index in [0.29, 0.717) is 11.1 Å². The Hall–Kier alpha value is -1.42. The predicted octanol–water partition coefficient (Wildman–Crippen LogP) is 3.11. The Labute approximate surface area is 107 Å². The molecule has 0 aliphatic carbocycles. The van der Waals surface area contributed by atoms with Crippen LogP contribution in [-0.2, 0) is 6.54 Å². The molecule has 0 fully saturated rings. The minimum Gasteiger partial charge on any atom is -0.311 e. The molecule has 88 valence electrons. The maximum Gasteiger partial charge on any atom is 0.253 e. The number of hydrogen-bond donors (Lipinski definition) is 0. The maximum atomic E-state index is 13.6. The zero-order valence-corrected chi connectivity index (χ0v) is 10.9. The van der Waals surface area contributed by atoms with E-state index in [4.69, 9.17) is 0 Å². The summed E-state index contributed by atoms with van der Waals surface area (Å²) in [6.07, 6.45) is 1.66. The van der Waals surface area contributed by atoms with Crippen LogP contribution in [0.2, 0.25) is 0 Å². The van der Waals surface area contributed by atoms with Crippen LogP contribution in [0.25, 0.3) is 0 Å². The van der Waals surface area contributed by atoms with Crippen molar-refractivity contribution in [3.05, 3.63) is 68.3 Å². The molecule has 0 atom stereocenters. The van der Waals surface area contributed by atoms with Crippen LogP contribution < -0.4 is 5.56 Å². The van der Waals surface area contributed by atoms with E-state index >= 15 is 0 Å². The highest BCUT2D eigenvalue weighted by Crippen LogP contribution is 2.16. The summed E-state index contributed by atoms with van der Waals surface area (Å²) < 4.78 is 15.9. The molecule has 0 N–H and O–H groups in total. The lowest BCUT2D eigenvalue weighted by Crippen LogP contribution is -2.22. The summed E-state index contributed by atoms with van der Waals surface area (Å²) in [6, 6.07) is 8.24. The minimum absolute atomic E-state index is 0.0909. The highest BCUT2D eigenvalue weighted by molar-refractivity contribution is 9.10. The zero-order chi connectivity index (χ0) is 12.4. The first-order valence-electron chi connectivity index (χ1n) is 5.18. The average Bonchev–Trinajstić information content (AvgIpc) is 2.30. The van der Waals surface area contributed by atoms with Gasteiger partial charge in [-0.05, 0) is 31.2 Å². The molecule has 0 saturated heterocycles. The Morgan fingerprint density at radius 1 is 1.35 bits per heavy atom. The van der Waals surface area contributed by atoms with E-state index in [9.17, 15) is 9.18 Å². The quantitative estimate of drug-likeness (QED) is 0.834. The molecule has 1 heterocycles. The first-order chi connectivity index (χ1) is 8.08. The Morgan fingerprint density at radius 2 is 2.12 bits per heavy atom. The summed E-state index contributed by atoms with van der Waals surface area (Å²) in [5, 5.41) is 0. The van der Waals surface area contributed by atoms with Crippen molar-refractivity contribution < 1.29 is 4.39 Å². The van der Waals surface area contributed by atoms with Gasteiger partial charge in [0.25, 0.3) is 5.56 Å². The molecule has 0 amide bonds. The van der Waals surface area contributed by atoms with Gasteiger partial charge in [0.2, 0.25) is 0 Å². The van der Waals surface area contributed by atoms with Gasteiger partial charge in [-0.3, -0.25) is 4.79 Å². The van der Waals surface area contributed by atoms with Crippen molar-refractivity contribution in [3.8, 4) is 0 Å². The molecule has 1 aromatic heterocycles. The predicted molar refractivity (Wildman–Crippen MR) is 68.6 cm³/mol. The number of aromatic nitrogens is 1. The van der Waals surface area contributed by atoms with Crippen molar-refractivity contribution in [2.45, 2.75) is 13.5 Å². The number of halogens is 2. The van der Waals surface area contributed by atoms with Gasteiger partial charge in [-0.25, -0.2) is 4.39 Å². The van der Waals surface area contributed by atoms with Gasteiger partial charge < -0.3 is 4.57 Å². The van der Waals surface area contributed by atoms with Crippen molar-refractivity contribution in [1.29, 1.82) is 0 Å². The van der Waals surface area contributed by atoms with E-state index in [-0.39, 0.29) is 17.9 Å². The number of hydrogen-bond acceptors (Lipinski definition) is 1. The Morgan fingerprint density at radius 3 is 2.88 bits per heavy atom. The Kier molecular flexibility index (Phi) is 3.43. The van der Waals surface area contributed by atoms with E-state index in [1.54, 1.807) is 37.4 Å². The molecule has 0 radical (unpaired) electrons. The lowest BCUT2D eigenvalue weighted by atomic mass is 10.2. The first kappa shape index (κ1) is 12.0. The van der Waals surface area contributed by atoms with Crippen LogP contribution >= 0.6 is 15.9 Å². The van der Waals surface area contributed by atoms with Gasteiger partial charge in [-0.2, -0.15) is 0 Å². The van der Waals surface area contributed by atoms with E-state index in [0.717, 1.165) is 4.47 Å². The lowest BCUT2D eigenvalue weighted by Gasteiger charge is -2.08. The second kappa shape index (κ2) is 4.84. The zero-order valence-electron chi connectivity index (χ0n) is 9.28. The summed E-state index contributed by atoms with van der Waals surface area (Å²) >= 11 is 3.29. The maximum absolute atomic E-state index is 13.6. The molecule has 4 heteroatoms. The van der Waals surface area contributed by atoms with Crippen molar-refractivity contribution in [1.82, 2.24) is 4.57 Å². The SMILES string of the molecule is Cc1cccn(Cc2cc(Br)ccc2F)c1=O. The summed E-state index contributed by atoms with van der Waals surface area (Å²) in [6.45, 7) is 1.99. The fourth-order valence-corrected chi connectivity index (χ4v) is 2.04. The van der Waals surface area contributed by atoms with Crippen molar-refractivity contribution >= 4 is 15.9 Å². The van der Waals surface area contributed by atoms with Gasteiger partial charge in [0.15, 0.2) is 0 Å². The van der Waals surface area contributed by atoms with Gasteiger partial charge >= 0.3 is 0 Å². The highest BCUT2D eigenvalue weighted by atomic mass is 79.9. The van der Waals surface area contributed by atoms with Crippen LogP contribution in [0.5, 0.6) is 0 Å². The largest absolute Gasteiger partial charge is 0.311 e. The van der Waals surface area contributed by atoms with Gasteiger partial charge in [-0.1, -0.05) is 22.0 Å². The number of aryl methyl sites for hydroxylation is 1. The Bertz CT molecular complexity index is 607. The molecule has 2 aromatic rings. The van der Waals surface area contributed by atoms with Crippen LogP contribution in [0.1, 0.15) is 11.1 Å². The molecule has 0 saturated carbocycles. The van der Waals surface area contributed by atoms with Gasteiger partial charge in [0.05, 0.1) is 6.54 Å². The third kappa shape index (κ3) is 2.64. The summed E-state index contributed by atoms with van der Waals surface area (Å²) in [5.74, 6) is -0.304. The average molecular weight is 296 g/mol. The number of pyridine rings is 1. The van der Waals surface area contributed by atoms with E-state index in [2.05, 4.69) is 15.9 Å². The van der Waals surface area contributed by atoms with Crippen LogP contribution in [0.4, 0.5) is 4.39 Å². The molecule has 0 aliphatic heterocycles. The third-order valence-corrected chi connectivity index (χ3v) is 3.05. The second-order valence-corrected chi connectivity index (χ2v) is 4.78. The molecule has 0 bridgehead atoms. The molecule has 0 spiro atoms. The molecule has 0 unspecified atom stereocenters. The molecule has 17 heavy (non-hydrogen) atoms. The Balaban J connectivity index is 2.41. The van der Waals surface area contributed by atoms with Crippen molar-refractivity contribution in [2.24, 2.45) is 0 Å². The summed E-state index contributed by atoms with van der Waals surface area (Å²) in [4.78, 5) is 11.8. The number of benzene rings is 1. The normalized spacial score (nSPS) is 10.5. The molecule has 2 nitrogen and oxygen atoms in total.